The number of rotatable bonds is 4. The minimum absolute atomic E-state index is 0.926. The first-order chi connectivity index (χ1) is 11.6. The third kappa shape index (κ3) is 3.26. The van der Waals surface area contributed by atoms with Gasteiger partial charge < -0.3 is 5.32 Å². The van der Waals surface area contributed by atoms with E-state index in [1.807, 2.05) is 6.07 Å². The first-order valence-electron chi connectivity index (χ1n) is 8.25. The van der Waals surface area contributed by atoms with Gasteiger partial charge in [-0.1, -0.05) is 61.2 Å². The number of anilines is 1. The largest absolute Gasteiger partial charge is 0.355 e. The molecule has 1 heteroatoms. The Morgan fingerprint density at radius 2 is 1.50 bits per heavy atom. The molecule has 0 aromatic heterocycles. The van der Waals surface area contributed by atoms with E-state index in [-0.39, 0.29) is 0 Å². The van der Waals surface area contributed by atoms with Gasteiger partial charge in [0.25, 0.3) is 0 Å². The Bertz CT molecular complexity index is 876. The SMILES string of the molecule is C=C(Nc1ccc(C)c(C)c1)c1c(C)cccc1-c1ccccc1. The van der Waals surface area contributed by atoms with Crippen molar-refractivity contribution >= 4 is 11.4 Å². The molecule has 0 spiro atoms. The van der Waals surface area contributed by atoms with E-state index >= 15 is 0 Å². The van der Waals surface area contributed by atoms with Gasteiger partial charge in [0.2, 0.25) is 0 Å². The molecular formula is C23H23N. The summed E-state index contributed by atoms with van der Waals surface area (Å²) in [4.78, 5) is 0. The number of nitrogens with one attached hydrogen (secondary N) is 1. The second-order valence-electron chi connectivity index (χ2n) is 6.27. The fourth-order valence-electron chi connectivity index (χ4n) is 2.98. The molecule has 0 aliphatic carbocycles. The van der Waals surface area contributed by atoms with Crippen LogP contribution in [0.25, 0.3) is 16.8 Å². The predicted molar refractivity (Wildman–Crippen MR) is 105 cm³/mol. The van der Waals surface area contributed by atoms with E-state index in [4.69, 9.17) is 0 Å². The van der Waals surface area contributed by atoms with Crippen LogP contribution in [-0.4, -0.2) is 0 Å². The standard InChI is InChI=1S/C23H23N/c1-16-13-14-21(15-18(16)3)24-19(4)23-17(2)9-8-12-22(23)20-10-6-5-7-11-20/h5-15,24H,4H2,1-3H3. The number of aryl methyl sites for hydroxylation is 3. The predicted octanol–water partition coefficient (Wildman–Crippen LogP) is 6.36. The van der Waals surface area contributed by atoms with E-state index in [0.717, 1.165) is 11.4 Å². The lowest BCUT2D eigenvalue weighted by Gasteiger charge is -2.17. The molecule has 0 amide bonds. The van der Waals surface area contributed by atoms with Crippen molar-refractivity contribution in [1.82, 2.24) is 0 Å². The average Bonchev–Trinajstić information content (AvgIpc) is 2.58. The smallest absolute Gasteiger partial charge is 0.0393 e. The van der Waals surface area contributed by atoms with E-state index in [9.17, 15) is 0 Å². The molecule has 0 heterocycles. The highest BCUT2D eigenvalue weighted by atomic mass is 14.9. The van der Waals surface area contributed by atoms with Crippen molar-refractivity contribution in [3.8, 4) is 11.1 Å². The van der Waals surface area contributed by atoms with Crippen LogP contribution in [0.4, 0.5) is 5.69 Å². The van der Waals surface area contributed by atoms with Crippen LogP contribution in [-0.2, 0) is 0 Å². The molecule has 0 aliphatic rings. The highest BCUT2D eigenvalue weighted by Crippen LogP contribution is 2.31. The Morgan fingerprint density at radius 1 is 0.750 bits per heavy atom. The molecule has 0 saturated heterocycles. The van der Waals surface area contributed by atoms with E-state index in [1.165, 1.54) is 33.4 Å². The van der Waals surface area contributed by atoms with Crippen LogP contribution in [0, 0.1) is 20.8 Å². The highest BCUT2D eigenvalue weighted by molar-refractivity contribution is 5.87. The molecule has 3 rings (SSSR count). The molecule has 0 bridgehead atoms. The van der Waals surface area contributed by atoms with Crippen molar-refractivity contribution < 1.29 is 0 Å². The van der Waals surface area contributed by atoms with Gasteiger partial charge in [0.1, 0.15) is 0 Å². The summed E-state index contributed by atoms with van der Waals surface area (Å²) in [6.45, 7) is 10.7. The monoisotopic (exact) mass is 313 g/mol. The quantitative estimate of drug-likeness (QED) is 0.591. The maximum Gasteiger partial charge on any atom is 0.0393 e. The molecule has 0 aliphatic heterocycles. The fraction of sp³-hybridized carbons (Fsp3) is 0.130. The van der Waals surface area contributed by atoms with Gasteiger partial charge >= 0.3 is 0 Å². The topological polar surface area (TPSA) is 12.0 Å². The fourth-order valence-corrected chi connectivity index (χ4v) is 2.98. The molecule has 0 unspecified atom stereocenters. The van der Waals surface area contributed by atoms with Gasteiger partial charge in [0, 0.05) is 16.9 Å². The van der Waals surface area contributed by atoms with Gasteiger partial charge in [-0.25, -0.2) is 0 Å². The van der Waals surface area contributed by atoms with Crippen LogP contribution in [0.2, 0.25) is 0 Å². The first kappa shape index (κ1) is 16.1. The number of hydrogen-bond donors (Lipinski definition) is 1. The van der Waals surface area contributed by atoms with Crippen molar-refractivity contribution in [2.24, 2.45) is 0 Å². The van der Waals surface area contributed by atoms with Crippen LogP contribution < -0.4 is 5.32 Å². The van der Waals surface area contributed by atoms with Gasteiger partial charge in [-0.2, -0.15) is 0 Å². The number of benzene rings is 3. The van der Waals surface area contributed by atoms with E-state index in [0.29, 0.717) is 0 Å². The molecule has 0 fully saturated rings. The van der Waals surface area contributed by atoms with Gasteiger partial charge in [0.15, 0.2) is 0 Å². The lowest BCUT2D eigenvalue weighted by Crippen LogP contribution is -2.02. The highest BCUT2D eigenvalue weighted by Gasteiger charge is 2.11. The van der Waals surface area contributed by atoms with E-state index < -0.39 is 0 Å². The van der Waals surface area contributed by atoms with Crippen LogP contribution in [0.5, 0.6) is 0 Å². The van der Waals surface area contributed by atoms with Gasteiger partial charge in [-0.15, -0.1) is 0 Å². The second kappa shape index (κ2) is 6.76. The summed E-state index contributed by atoms with van der Waals surface area (Å²) < 4.78 is 0. The summed E-state index contributed by atoms with van der Waals surface area (Å²) in [6, 6.07) is 23.3. The Morgan fingerprint density at radius 3 is 2.21 bits per heavy atom. The minimum Gasteiger partial charge on any atom is -0.355 e. The maximum atomic E-state index is 4.31. The van der Waals surface area contributed by atoms with Crippen LogP contribution in [0.3, 0.4) is 0 Å². The van der Waals surface area contributed by atoms with Gasteiger partial charge in [-0.05, 0) is 60.7 Å². The molecule has 0 saturated carbocycles. The third-order valence-corrected chi connectivity index (χ3v) is 4.46. The lowest BCUT2D eigenvalue weighted by atomic mass is 9.94. The third-order valence-electron chi connectivity index (χ3n) is 4.46. The van der Waals surface area contributed by atoms with Crippen molar-refractivity contribution in [2.75, 3.05) is 5.32 Å². The molecule has 120 valence electrons. The summed E-state index contributed by atoms with van der Waals surface area (Å²) in [7, 11) is 0. The summed E-state index contributed by atoms with van der Waals surface area (Å²) in [5, 5.41) is 3.48. The molecule has 3 aromatic rings. The molecule has 3 aromatic carbocycles. The van der Waals surface area contributed by atoms with Crippen LogP contribution in [0.15, 0.2) is 73.3 Å². The Kier molecular flexibility index (Phi) is 4.52. The minimum atomic E-state index is 0.926. The molecule has 0 atom stereocenters. The normalized spacial score (nSPS) is 10.5. The molecule has 1 N–H and O–H groups in total. The molecule has 0 radical (unpaired) electrons. The zero-order valence-electron chi connectivity index (χ0n) is 14.6. The summed E-state index contributed by atoms with van der Waals surface area (Å²) in [5.41, 5.74) is 9.38. The summed E-state index contributed by atoms with van der Waals surface area (Å²) in [6.07, 6.45) is 0. The zero-order chi connectivity index (χ0) is 17.1. The van der Waals surface area contributed by atoms with Crippen LogP contribution in [0.1, 0.15) is 22.3 Å². The van der Waals surface area contributed by atoms with Crippen molar-refractivity contribution in [3.05, 3.63) is 95.6 Å². The van der Waals surface area contributed by atoms with Crippen LogP contribution >= 0.6 is 0 Å². The molecule has 24 heavy (non-hydrogen) atoms. The summed E-state index contributed by atoms with van der Waals surface area (Å²) >= 11 is 0. The van der Waals surface area contributed by atoms with Crippen molar-refractivity contribution in [1.29, 1.82) is 0 Å². The average molecular weight is 313 g/mol. The van der Waals surface area contributed by atoms with Crippen molar-refractivity contribution in [2.45, 2.75) is 20.8 Å². The second-order valence-corrected chi connectivity index (χ2v) is 6.27. The van der Waals surface area contributed by atoms with Gasteiger partial charge in [-0.3, -0.25) is 0 Å². The van der Waals surface area contributed by atoms with E-state index in [2.05, 4.69) is 93.3 Å². The Hall–Kier alpha value is -2.80. The Balaban J connectivity index is 1.99. The van der Waals surface area contributed by atoms with Crippen molar-refractivity contribution in [3.63, 3.8) is 0 Å². The van der Waals surface area contributed by atoms with Gasteiger partial charge in [0.05, 0.1) is 0 Å². The summed E-state index contributed by atoms with van der Waals surface area (Å²) in [5.74, 6) is 0. The lowest BCUT2D eigenvalue weighted by molar-refractivity contribution is 1.33. The van der Waals surface area contributed by atoms with E-state index in [1.54, 1.807) is 0 Å². The Labute approximate surface area is 144 Å². The number of hydrogen-bond acceptors (Lipinski definition) is 1. The molecular weight excluding hydrogens is 290 g/mol. The molecule has 1 nitrogen and oxygen atoms in total. The first-order valence-corrected chi connectivity index (χ1v) is 8.25. The maximum absolute atomic E-state index is 4.31. The zero-order valence-corrected chi connectivity index (χ0v) is 14.6.